The lowest BCUT2D eigenvalue weighted by Crippen LogP contribution is -2.50. The number of methoxy groups -OCH3 is 1. The quantitative estimate of drug-likeness (QED) is 0.635. The second-order valence-electron chi connectivity index (χ2n) is 7.22. The molecule has 0 aromatic heterocycles. The molecule has 1 aromatic rings. The fourth-order valence-electron chi connectivity index (χ4n) is 4.22. The molecule has 0 spiro atoms. The molecule has 1 heterocycles. The molecule has 3 rings (SSSR count). The zero-order valence-electron chi connectivity index (χ0n) is 15.4. The van der Waals surface area contributed by atoms with Crippen molar-refractivity contribution in [1.82, 2.24) is 10.2 Å². The Kier molecular flexibility index (Phi) is 5.45. The summed E-state index contributed by atoms with van der Waals surface area (Å²) < 4.78 is 4.72. The molecule has 2 aliphatic rings. The molecule has 1 aliphatic heterocycles. The molecular weight excluding hydrogens is 346 g/mol. The smallest absolute Gasteiger partial charge is 0.325 e. The standard InChI is InChI=1S/C20H23N3O4/c1-27-18(25)7-4-14-8-10-20(11-9-14,23-13-17(24)22-19(23)26)16-5-2-15(12-21)3-6-16/h2-3,5-6,14H,4,7-11,13H2,1H3,(H,22,24,26). The van der Waals surface area contributed by atoms with Crippen LogP contribution >= 0.6 is 0 Å². The van der Waals surface area contributed by atoms with Crippen LogP contribution in [-0.2, 0) is 19.9 Å². The Hall–Kier alpha value is -2.88. The van der Waals surface area contributed by atoms with E-state index < -0.39 is 5.54 Å². The highest BCUT2D eigenvalue weighted by atomic mass is 16.5. The number of urea groups is 1. The molecule has 1 saturated carbocycles. The molecule has 0 unspecified atom stereocenters. The predicted molar refractivity (Wildman–Crippen MR) is 96.3 cm³/mol. The van der Waals surface area contributed by atoms with Gasteiger partial charge in [-0.25, -0.2) is 4.79 Å². The number of imide groups is 1. The zero-order chi connectivity index (χ0) is 19.4. The highest BCUT2D eigenvalue weighted by Gasteiger charge is 2.47. The lowest BCUT2D eigenvalue weighted by Gasteiger charge is -2.46. The van der Waals surface area contributed by atoms with Gasteiger partial charge in [-0.1, -0.05) is 12.1 Å². The number of nitrogens with zero attached hydrogens (tertiary/aromatic N) is 2. The maximum absolute atomic E-state index is 12.4. The van der Waals surface area contributed by atoms with E-state index in [9.17, 15) is 14.4 Å². The molecule has 1 N–H and O–H groups in total. The van der Waals surface area contributed by atoms with Crippen LogP contribution in [0.5, 0.6) is 0 Å². The third-order valence-corrected chi connectivity index (χ3v) is 5.78. The number of hydrogen-bond acceptors (Lipinski definition) is 5. The lowest BCUT2D eigenvalue weighted by atomic mass is 9.70. The molecule has 0 radical (unpaired) electrons. The van der Waals surface area contributed by atoms with E-state index in [1.54, 1.807) is 17.0 Å². The Labute approximate surface area is 158 Å². The Morgan fingerprint density at radius 1 is 1.30 bits per heavy atom. The summed E-state index contributed by atoms with van der Waals surface area (Å²) in [5.74, 6) is -0.110. The number of benzene rings is 1. The van der Waals surface area contributed by atoms with Crippen LogP contribution in [0.25, 0.3) is 0 Å². The van der Waals surface area contributed by atoms with Crippen molar-refractivity contribution < 1.29 is 19.1 Å². The van der Waals surface area contributed by atoms with Crippen molar-refractivity contribution in [2.75, 3.05) is 13.7 Å². The number of ether oxygens (including phenoxy) is 1. The van der Waals surface area contributed by atoms with Crippen LogP contribution in [0, 0.1) is 17.2 Å². The van der Waals surface area contributed by atoms with Crippen molar-refractivity contribution >= 4 is 17.9 Å². The van der Waals surface area contributed by atoms with Gasteiger partial charge in [0.15, 0.2) is 0 Å². The van der Waals surface area contributed by atoms with Crippen molar-refractivity contribution in [1.29, 1.82) is 5.26 Å². The minimum absolute atomic E-state index is 0.0473. The minimum Gasteiger partial charge on any atom is -0.469 e. The summed E-state index contributed by atoms with van der Waals surface area (Å²) in [6, 6.07) is 8.99. The van der Waals surface area contributed by atoms with Crippen molar-refractivity contribution in [2.24, 2.45) is 5.92 Å². The Morgan fingerprint density at radius 3 is 2.48 bits per heavy atom. The van der Waals surface area contributed by atoms with E-state index in [1.807, 2.05) is 12.1 Å². The van der Waals surface area contributed by atoms with Gasteiger partial charge >= 0.3 is 12.0 Å². The summed E-state index contributed by atoms with van der Waals surface area (Å²) in [6.45, 7) is 0.0473. The Balaban J connectivity index is 1.82. The van der Waals surface area contributed by atoms with Crippen LogP contribution in [-0.4, -0.2) is 36.5 Å². The summed E-state index contributed by atoms with van der Waals surface area (Å²) in [5, 5.41) is 11.4. The molecule has 27 heavy (non-hydrogen) atoms. The number of esters is 1. The predicted octanol–water partition coefficient (Wildman–Crippen LogP) is 2.45. The molecular formula is C20H23N3O4. The van der Waals surface area contributed by atoms with Gasteiger partial charge in [-0.15, -0.1) is 0 Å². The van der Waals surface area contributed by atoms with Crippen molar-refractivity contribution in [3.63, 3.8) is 0 Å². The number of hydrogen-bond donors (Lipinski definition) is 1. The van der Waals surface area contributed by atoms with E-state index in [-0.39, 0.29) is 24.5 Å². The summed E-state index contributed by atoms with van der Waals surface area (Å²) in [5.41, 5.74) is 0.937. The van der Waals surface area contributed by atoms with E-state index in [2.05, 4.69) is 11.4 Å². The van der Waals surface area contributed by atoms with Gasteiger partial charge in [-0.2, -0.15) is 5.26 Å². The molecule has 1 aromatic carbocycles. The van der Waals surface area contributed by atoms with E-state index in [4.69, 9.17) is 10.00 Å². The van der Waals surface area contributed by atoms with Crippen LogP contribution in [0.3, 0.4) is 0 Å². The third-order valence-electron chi connectivity index (χ3n) is 5.78. The van der Waals surface area contributed by atoms with Crippen molar-refractivity contribution in [3.8, 4) is 6.07 Å². The first-order chi connectivity index (χ1) is 13.0. The molecule has 1 aliphatic carbocycles. The monoisotopic (exact) mass is 369 g/mol. The first-order valence-electron chi connectivity index (χ1n) is 9.17. The minimum atomic E-state index is -0.563. The van der Waals surface area contributed by atoms with Gasteiger partial charge in [0, 0.05) is 6.42 Å². The second-order valence-corrected chi connectivity index (χ2v) is 7.22. The topological polar surface area (TPSA) is 99.5 Å². The first kappa shape index (κ1) is 18.9. The maximum atomic E-state index is 12.4. The van der Waals surface area contributed by atoms with E-state index in [0.717, 1.165) is 24.8 Å². The highest BCUT2D eigenvalue weighted by Crippen LogP contribution is 2.46. The Morgan fingerprint density at radius 2 is 1.96 bits per heavy atom. The van der Waals surface area contributed by atoms with Gasteiger partial charge in [0.05, 0.1) is 24.3 Å². The van der Waals surface area contributed by atoms with Crippen molar-refractivity contribution in [2.45, 2.75) is 44.1 Å². The van der Waals surface area contributed by atoms with Gasteiger partial charge < -0.3 is 9.64 Å². The SMILES string of the molecule is COC(=O)CCC1CCC(c2ccc(C#N)cc2)(N2CC(=O)NC2=O)CC1. The number of carbonyl (C=O) groups excluding carboxylic acids is 3. The third kappa shape index (κ3) is 3.80. The average molecular weight is 369 g/mol. The summed E-state index contributed by atoms with van der Waals surface area (Å²) in [6.07, 6.45) is 4.30. The molecule has 2 fully saturated rings. The first-order valence-corrected chi connectivity index (χ1v) is 9.17. The zero-order valence-corrected chi connectivity index (χ0v) is 15.4. The Bertz CT molecular complexity index is 773. The summed E-state index contributed by atoms with van der Waals surface area (Å²) in [4.78, 5) is 37.2. The van der Waals surface area contributed by atoms with Gasteiger partial charge in [0.25, 0.3) is 0 Å². The number of carbonyl (C=O) groups is 3. The van der Waals surface area contributed by atoms with Gasteiger partial charge in [-0.05, 0) is 55.7 Å². The lowest BCUT2D eigenvalue weighted by molar-refractivity contribution is -0.141. The van der Waals surface area contributed by atoms with Gasteiger partial charge in [-0.3, -0.25) is 14.9 Å². The van der Waals surface area contributed by atoms with E-state index >= 15 is 0 Å². The summed E-state index contributed by atoms with van der Waals surface area (Å²) >= 11 is 0. The van der Waals surface area contributed by atoms with Crippen LogP contribution in [0.4, 0.5) is 4.79 Å². The number of nitriles is 1. The molecule has 0 bridgehead atoms. The van der Waals surface area contributed by atoms with Crippen LogP contribution in [0.1, 0.15) is 49.7 Å². The molecule has 7 heteroatoms. The molecule has 7 nitrogen and oxygen atoms in total. The van der Waals surface area contributed by atoms with E-state index in [0.29, 0.717) is 30.7 Å². The van der Waals surface area contributed by atoms with Crippen LogP contribution < -0.4 is 5.32 Å². The van der Waals surface area contributed by atoms with Crippen LogP contribution in [0.15, 0.2) is 24.3 Å². The highest BCUT2D eigenvalue weighted by molar-refractivity contribution is 6.02. The normalized spacial score (nSPS) is 25.0. The maximum Gasteiger partial charge on any atom is 0.325 e. The fraction of sp³-hybridized carbons (Fsp3) is 0.500. The summed E-state index contributed by atoms with van der Waals surface area (Å²) in [7, 11) is 1.39. The largest absolute Gasteiger partial charge is 0.469 e. The number of amides is 3. The second kappa shape index (κ2) is 7.78. The van der Waals surface area contributed by atoms with Gasteiger partial charge in [0.2, 0.25) is 5.91 Å². The molecule has 1 saturated heterocycles. The number of nitrogens with one attached hydrogen (secondary N) is 1. The van der Waals surface area contributed by atoms with Gasteiger partial charge in [0.1, 0.15) is 6.54 Å². The average Bonchev–Trinajstić information content (AvgIpc) is 3.05. The van der Waals surface area contributed by atoms with Crippen LogP contribution in [0.2, 0.25) is 0 Å². The number of rotatable bonds is 5. The van der Waals surface area contributed by atoms with E-state index in [1.165, 1.54) is 7.11 Å². The molecule has 0 atom stereocenters. The molecule has 3 amide bonds. The molecule has 142 valence electrons. The fourth-order valence-corrected chi connectivity index (χ4v) is 4.22. The van der Waals surface area contributed by atoms with Crippen molar-refractivity contribution in [3.05, 3.63) is 35.4 Å².